The number of fused-ring (bicyclic) bond motifs is 3. The van der Waals surface area contributed by atoms with Crippen LogP contribution >= 0.6 is 11.6 Å². The van der Waals surface area contributed by atoms with Gasteiger partial charge in [-0.3, -0.25) is 0 Å². The fourth-order valence-electron chi connectivity index (χ4n) is 2.53. The molecule has 0 aliphatic carbocycles. The lowest BCUT2D eigenvalue weighted by Crippen LogP contribution is -1.97. The van der Waals surface area contributed by atoms with E-state index in [0.717, 1.165) is 16.5 Å². The Bertz CT molecular complexity index is 1030. The number of nitrogens with zero attached hydrogens (tertiary/aromatic N) is 4. The Balaban J connectivity index is 2.13. The van der Waals surface area contributed by atoms with Gasteiger partial charge in [-0.1, -0.05) is 23.8 Å². The molecule has 0 saturated heterocycles. The highest BCUT2D eigenvalue weighted by Crippen LogP contribution is 2.28. The molecule has 0 N–H and O–H groups in total. The second-order valence-corrected chi connectivity index (χ2v) is 5.40. The van der Waals surface area contributed by atoms with E-state index < -0.39 is 0 Å². The van der Waals surface area contributed by atoms with Crippen molar-refractivity contribution >= 4 is 28.2 Å². The molecule has 22 heavy (non-hydrogen) atoms. The van der Waals surface area contributed by atoms with Gasteiger partial charge in [0.05, 0.1) is 11.1 Å². The van der Waals surface area contributed by atoms with E-state index in [2.05, 4.69) is 15.2 Å². The third kappa shape index (κ3) is 1.86. The number of aromatic nitrogens is 4. The van der Waals surface area contributed by atoms with Crippen molar-refractivity contribution in [3.05, 3.63) is 59.1 Å². The highest BCUT2D eigenvalue weighted by atomic mass is 35.5. The molecule has 0 aliphatic heterocycles. The zero-order valence-corrected chi connectivity index (χ0v) is 12.3. The minimum atomic E-state index is -0.378. The molecule has 0 bridgehead atoms. The third-order valence-corrected chi connectivity index (χ3v) is 3.82. The van der Waals surface area contributed by atoms with Crippen LogP contribution in [0.5, 0.6) is 0 Å². The predicted octanol–water partition coefficient (Wildman–Crippen LogP) is 4.05. The summed E-state index contributed by atoms with van der Waals surface area (Å²) in [4.78, 5) is 4.36. The maximum Gasteiger partial charge on any atom is 0.210 e. The summed E-state index contributed by atoms with van der Waals surface area (Å²) in [5.41, 5.74) is 2.72. The van der Waals surface area contributed by atoms with Crippen LogP contribution in [0.25, 0.3) is 27.9 Å². The van der Waals surface area contributed by atoms with Crippen molar-refractivity contribution in [3.8, 4) is 11.4 Å². The zero-order valence-electron chi connectivity index (χ0n) is 11.6. The van der Waals surface area contributed by atoms with E-state index >= 15 is 0 Å². The topological polar surface area (TPSA) is 43.1 Å². The zero-order chi connectivity index (χ0) is 15.3. The third-order valence-electron chi connectivity index (χ3n) is 3.57. The largest absolute Gasteiger partial charge is 0.248 e. The molecule has 4 aromatic rings. The van der Waals surface area contributed by atoms with Crippen molar-refractivity contribution in [1.29, 1.82) is 0 Å². The molecule has 4 rings (SSSR count). The number of aryl methyl sites for hydroxylation is 1. The standard InChI is InChI=1S/C16H10ClFN4/c1-9-6-7-13-11(8-9)15-21-20-14(22(15)16(17)19-13)10-4-2-3-5-12(10)18/h2-8H,1H3. The van der Waals surface area contributed by atoms with Gasteiger partial charge in [-0.2, -0.15) is 0 Å². The maximum absolute atomic E-state index is 14.0. The first kappa shape index (κ1) is 13.2. The number of hydrogen-bond acceptors (Lipinski definition) is 3. The van der Waals surface area contributed by atoms with Crippen LogP contribution in [-0.4, -0.2) is 19.6 Å². The first-order chi connectivity index (χ1) is 10.6. The van der Waals surface area contributed by atoms with Crippen LogP contribution in [0.15, 0.2) is 42.5 Å². The van der Waals surface area contributed by atoms with Crippen LogP contribution in [-0.2, 0) is 0 Å². The Morgan fingerprint density at radius 1 is 1.09 bits per heavy atom. The van der Waals surface area contributed by atoms with Crippen molar-refractivity contribution in [2.24, 2.45) is 0 Å². The van der Waals surface area contributed by atoms with E-state index in [-0.39, 0.29) is 11.1 Å². The summed E-state index contributed by atoms with van der Waals surface area (Å²) < 4.78 is 15.6. The average Bonchev–Trinajstić information content (AvgIpc) is 2.94. The van der Waals surface area contributed by atoms with Gasteiger partial charge in [0.2, 0.25) is 5.28 Å². The molecule has 0 aliphatic rings. The molecule has 4 nitrogen and oxygen atoms in total. The van der Waals surface area contributed by atoms with Crippen molar-refractivity contribution in [3.63, 3.8) is 0 Å². The van der Waals surface area contributed by atoms with Gasteiger partial charge in [-0.15, -0.1) is 10.2 Å². The minimum absolute atomic E-state index is 0.203. The molecule has 6 heteroatoms. The lowest BCUT2D eigenvalue weighted by Gasteiger charge is -2.06. The summed E-state index contributed by atoms with van der Waals surface area (Å²) in [5, 5.41) is 9.34. The van der Waals surface area contributed by atoms with E-state index in [1.807, 2.05) is 25.1 Å². The summed E-state index contributed by atoms with van der Waals surface area (Å²) in [7, 11) is 0. The quantitative estimate of drug-likeness (QED) is 0.498. The molecule has 0 atom stereocenters. The van der Waals surface area contributed by atoms with E-state index in [1.54, 1.807) is 22.6 Å². The number of benzene rings is 2. The predicted molar refractivity (Wildman–Crippen MR) is 83.4 cm³/mol. The molecular weight excluding hydrogens is 303 g/mol. The molecule has 0 unspecified atom stereocenters. The first-order valence-electron chi connectivity index (χ1n) is 6.71. The van der Waals surface area contributed by atoms with Crippen LogP contribution in [0, 0.1) is 12.7 Å². The van der Waals surface area contributed by atoms with Crippen molar-refractivity contribution in [1.82, 2.24) is 19.6 Å². The van der Waals surface area contributed by atoms with Gasteiger partial charge in [0.1, 0.15) is 5.82 Å². The normalized spacial score (nSPS) is 11.4. The van der Waals surface area contributed by atoms with Crippen molar-refractivity contribution in [2.45, 2.75) is 6.92 Å². The molecule has 2 aromatic carbocycles. The SMILES string of the molecule is Cc1ccc2nc(Cl)n3c(-c4ccccc4F)nnc3c2c1. The maximum atomic E-state index is 14.0. The van der Waals surface area contributed by atoms with E-state index in [0.29, 0.717) is 17.0 Å². The monoisotopic (exact) mass is 312 g/mol. The average molecular weight is 313 g/mol. The van der Waals surface area contributed by atoms with Crippen molar-refractivity contribution < 1.29 is 4.39 Å². The molecule has 108 valence electrons. The number of halogens is 2. The van der Waals surface area contributed by atoms with Crippen LogP contribution in [0.2, 0.25) is 5.28 Å². The summed E-state index contributed by atoms with van der Waals surface area (Å²) in [6, 6.07) is 12.2. The lowest BCUT2D eigenvalue weighted by atomic mass is 10.1. The summed E-state index contributed by atoms with van der Waals surface area (Å²) in [5.74, 6) is -0.0359. The van der Waals surface area contributed by atoms with Gasteiger partial charge in [0, 0.05) is 5.39 Å². The Hall–Kier alpha value is -2.53. The van der Waals surface area contributed by atoms with Gasteiger partial charge in [-0.05, 0) is 42.8 Å². The summed E-state index contributed by atoms with van der Waals surface area (Å²) in [6.45, 7) is 1.98. The second kappa shape index (κ2) is 4.74. The molecule has 0 radical (unpaired) electrons. The minimum Gasteiger partial charge on any atom is -0.248 e. The van der Waals surface area contributed by atoms with Crippen LogP contribution in [0.1, 0.15) is 5.56 Å². The molecule has 0 amide bonds. The van der Waals surface area contributed by atoms with Crippen LogP contribution < -0.4 is 0 Å². The second-order valence-electron chi connectivity index (χ2n) is 5.06. The highest BCUT2D eigenvalue weighted by molar-refractivity contribution is 6.29. The summed E-state index contributed by atoms with van der Waals surface area (Å²) in [6.07, 6.45) is 0. The molecule has 0 saturated carbocycles. The number of rotatable bonds is 1. The lowest BCUT2D eigenvalue weighted by molar-refractivity contribution is 0.629. The number of hydrogen-bond donors (Lipinski definition) is 0. The fraction of sp³-hybridized carbons (Fsp3) is 0.0625. The highest BCUT2D eigenvalue weighted by Gasteiger charge is 2.17. The Morgan fingerprint density at radius 3 is 2.73 bits per heavy atom. The van der Waals surface area contributed by atoms with Crippen LogP contribution in [0.3, 0.4) is 0 Å². The van der Waals surface area contributed by atoms with Gasteiger partial charge < -0.3 is 0 Å². The van der Waals surface area contributed by atoms with Gasteiger partial charge in [0.15, 0.2) is 11.5 Å². The van der Waals surface area contributed by atoms with Crippen LogP contribution in [0.4, 0.5) is 4.39 Å². The fourth-order valence-corrected chi connectivity index (χ4v) is 2.78. The summed E-state index contributed by atoms with van der Waals surface area (Å²) >= 11 is 6.27. The first-order valence-corrected chi connectivity index (χ1v) is 7.09. The molecule has 0 spiro atoms. The van der Waals surface area contributed by atoms with E-state index in [4.69, 9.17) is 11.6 Å². The molecule has 0 fully saturated rings. The smallest absolute Gasteiger partial charge is 0.210 e. The Kier molecular flexibility index (Phi) is 2.84. The van der Waals surface area contributed by atoms with Crippen molar-refractivity contribution in [2.75, 3.05) is 0 Å². The Morgan fingerprint density at radius 2 is 1.91 bits per heavy atom. The van der Waals surface area contributed by atoms with E-state index in [1.165, 1.54) is 6.07 Å². The molecule has 2 aromatic heterocycles. The molecule has 2 heterocycles. The van der Waals surface area contributed by atoms with Gasteiger partial charge in [-0.25, -0.2) is 13.8 Å². The molecular formula is C16H10ClFN4. The van der Waals surface area contributed by atoms with Gasteiger partial charge >= 0.3 is 0 Å². The Labute approximate surface area is 130 Å². The van der Waals surface area contributed by atoms with E-state index in [9.17, 15) is 4.39 Å². The van der Waals surface area contributed by atoms with Gasteiger partial charge in [0.25, 0.3) is 0 Å².